The average molecular weight is 759 g/mol. The number of imidazole rings is 1. The highest BCUT2D eigenvalue weighted by molar-refractivity contribution is 6.42. The van der Waals surface area contributed by atoms with Gasteiger partial charge in [-0.25, -0.2) is 4.98 Å². The highest BCUT2D eigenvalue weighted by Gasteiger charge is 2.31. The van der Waals surface area contributed by atoms with Crippen LogP contribution in [0.15, 0.2) is 84.9 Å². The molecule has 1 amide bonds. The van der Waals surface area contributed by atoms with Crippen molar-refractivity contribution in [3.63, 3.8) is 0 Å². The van der Waals surface area contributed by atoms with Crippen molar-refractivity contribution in [2.45, 2.75) is 38.8 Å². The molecular weight excluding hydrogens is 722 g/mol. The monoisotopic (exact) mass is 757 g/mol. The first-order valence-corrected chi connectivity index (χ1v) is 17.0. The van der Waals surface area contributed by atoms with Gasteiger partial charge in [-0.15, -0.1) is 13.2 Å². The Morgan fingerprint density at radius 3 is 2.33 bits per heavy atom. The van der Waals surface area contributed by atoms with Crippen LogP contribution < -0.4 is 20.7 Å². The number of nitrogens with zero attached hydrogens (tertiary/aromatic N) is 3. The molecule has 1 heterocycles. The summed E-state index contributed by atoms with van der Waals surface area (Å²) in [5, 5.41) is 13.8. The third-order valence-electron chi connectivity index (χ3n) is 8.10. The van der Waals surface area contributed by atoms with Crippen molar-refractivity contribution in [3.8, 4) is 17.1 Å². The quantitative estimate of drug-likeness (QED) is 0.0916. The molecule has 0 aliphatic rings. The summed E-state index contributed by atoms with van der Waals surface area (Å²) in [6.07, 6.45) is -4.81. The Morgan fingerprint density at radius 2 is 1.69 bits per heavy atom. The van der Waals surface area contributed by atoms with Gasteiger partial charge in [0.1, 0.15) is 18.1 Å². The Bertz CT molecular complexity index is 2010. The number of fused-ring (bicyclic) bond motifs is 1. The number of alkyl halides is 3. The Kier molecular flexibility index (Phi) is 12.7. The summed E-state index contributed by atoms with van der Waals surface area (Å²) in [7, 11) is 0. The van der Waals surface area contributed by atoms with Crippen molar-refractivity contribution >= 4 is 51.8 Å². The smallest absolute Gasteiger partial charge is 0.465 e. The molecule has 4 aromatic carbocycles. The van der Waals surface area contributed by atoms with E-state index in [0.717, 1.165) is 16.6 Å². The van der Waals surface area contributed by atoms with Gasteiger partial charge in [-0.1, -0.05) is 47.5 Å². The van der Waals surface area contributed by atoms with E-state index in [1.165, 1.54) is 12.1 Å². The van der Waals surface area contributed by atoms with Gasteiger partial charge in [-0.05, 0) is 84.3 Å². The predicted molar refractivity (Wildman–Crippen MR) is 193 cm³/mol. The highest BCUT2D eigenvalue weighted by Crippen LogP contribution is 2.31. The summed E-state index contributed by atoms with van der Waals surface area (Å²) in [6.45, 7) is 2.56. The SMILES string of the molecule is CCOC(=O)CN(CCO)c1ccc(-c2nc3cc(C(CC(N)=O)NCc4ccc(Cl)c(Cl)c4)ccc3n2Cc2ccc(OC(F)(F)F)cc2)cc1. The zero-order chi connectivity index (χ0) is 37.4. The highest BCUT2D eigenvalue weighted by atomic mass is 35.5. The summed E-state index contributed by atoms with van der Waals surface area (Å²) in [5.74, 6) is -0.709. The number of aliphatic hydroxyl groups is 1. The van der Waals surface area contributed by atoms with Gasteiger partial charge in [0, 0.05) is 43.3 Å². The van der Waals surface area contributed by atoms with Gasteiger partial charge in [0.15, 0.2) is 0 Å². The number of hydrogen-bond acceptors (Lipinski definition) is 8. The van der Waals surface area contributed by atoms with Crippen LogP contribution in [0, 0.1) is 0 Å². The predicted octanol–water partition coefficient (Wildman–Crippen LogP) is 7.03. The number of ether oxygens (including phenoxy) is 2. The molecule has 5 aromatic rings. The average Bonchev–Trinajstić information content (AvgIpc) is 3.45. The number of aliphatic hydroxyl groups excluding tert-OH is 1. The molecule has 274 valence electrons. The number of nitrogens with one attached hydrogen (secondary N) is 1. The Hall–Kier alpha value is -4.82. The largest absolute Gasteiger partial charge is 0.573 e. The first-order valence-electron chi connectivity index (χ1n) is 16.3. The maximum Gasteiger partial charge on any atom is 0.573 e. The van der Waals surface area contributed by atoms with Crippen LogP contribution >= 0.6 is 23.2 Å². The van der Waals surface area contributed by atoms with Crippen LogP contribution in [-0.2, 0) is 27.4 Å². The molecule has 5 rings (SSSR count). The number of rotatable bonds is 16. The second-order valence-corrected chi connectivity index (χ2v) is 12.6. The number of aromatic nitrogens is 2. The lowest BCUT2D eigenvalue weighted by atomic mass is 10.0. The Balaban J connectivity index is 1.51. The van der Waals surface area contributed by atoms with Crippen LogP contribution in [-0.4, -0.2) is 59.2 Å². The van der Waals surface area contributed by atoms with E-state index in [4.69, 9.17) is 38.7 Å². The van der Waals surface area contributed by atoms with Crippen molar-refractivity contribution < 1.29 is 37.3 Å². The first-order chi connectivity index (χ1) is 24.8. The number of anilines is 1. The number of nitrogens with two attached hydrogens (primary N) is 1. The minimum atomic E-state index is -4.81. The molecular formula is C37H36Cl2F3N5O5. The summed E-state index contributed by atoms with van der Waals surface area (Å²) in [4.78, 5) is 31.0. The van der Waals surface area contributed by atoms with Crippen LogP contribution in [0.4, 0.5) is 18.9 Å². The number of amides is 1. The Labute approximate surface area is 307 Å². The fraction of sp³-hybridized carbons (Fsp3) is 0.270. The molecule has 4 N–H and O–H groups in total. The number of primary amides is 1. The lowest BCUT2D eigenvalue weighted by Gasteiger charge is -2.23. The number of benzene rings is 4. The normalized spacial score (nSPS) is 12.1. The van der Waals surface area contributed by atoms with E-state index in [-0.39, 0.29) is 45.0 Å². The molecule has 0 saturated heterocycles. The Morgan fingerprint density at radius 1 is 0.981 bits per heavy atom. The molecule has 1 atom stereocenters. The van der Waals surface area contributed by atoms with Gasteiger partial charge >= 0.3 is 12.3 Å². The lowest BCUT2D eigenvalue weighted by Crippen LogP contribution is -2.33. The zero-order valence-corrected chi connectivity index (χ0v) is 29.5. The number of hydrogen-bond donors (Lipinski definition) is 3. The van der Waals surface area contributed by atoms with Crippen molar-refractivity contribution in [2.75, 3.05) is 31.2 Å². The van der Waals surface area contributed by atoms with E-state index in [1.807, 2.05) is 41.0 Å². The fourth-order valence-corrected chi connectivity index (χ4v) is 6.05. The van der Waals surface area contributed by atoms with Crippen molar-refractivity contribution in [1.29, 1.82) is 0 Å². The summed E-state index contributed by atoms with van der Waals surface area (Å²) < 4.78 is 49.4. The number of esters is 1. The van der Waals surface area contributed by atoms with E-state index >= 15 is 0 Å². The summed E-state index contributed by atoms with van der Waals surface area (Å²) in [5.41, 5.74) is 10.6. The van der Waals surface area contributed by atoms with Crippen molar-refractivity contribution in [3.05, 3.63) is 112 Å². The topological polar surface area (TPSA) is 132 Å². The van der Waals surface area contributed by atoms with E-state index in [1.54, 1.807) is 48.2 Å². The van der Waals surface area contributed by atoms with Gasteiger partial charge in [-0.3, -0.25) is 9.59 Å². The third-order valence-corrected chi connectivity index (χ3v) is 8.84. The second kappa shape index (κ2) is 17.1. The van der Waals surface area contributed by atoms with E-state index in [2.05, 4.69) is 10.1 Å². The molecule has 0 spiro atoms. The maximum absolute atomic E-state index is 12.8. The lowest BCUT2D eigenvalue weighted by molar-refractivity contribution is -0.274. The third kappa shape index (κ3) is 10.2. The van der Waals surface area contributed by atoms with E-state index < -0.39 is 24.3 Å². The van der Waals surface area contributed by atoms with Gasteiger partial charge in [0.25, 0.3) is 0 Å². The molecule has 52 heavy (non-hydrogen) atoms. The van der Waals surface area contributed by atoms with Gasteiger partial charge < -0.3 is 35.1 Å². The minimum Gasteiger partial charge on any atom is -0.465 e. The number of carbonyl (C=O) groups excluding carboxylic acids is 2. The van der Waals surface area contributed by atoms with E-state index in [0.29, 0.717) is 44.7 Å². The molecule has 1 aromatic heterocycles. The van der Waals surface area contributed by atoms with Crippen LogP contribution in [0.2, 0.25) is 10.0 Å². The van der Waals surface area contributed by atoms with Crippen molar-refractivity contribution in [1.82, 2.24) is 14.9 Å². The standard InChI is InChI=1S/C37H36Cl2F3N5O5/c1-2-51-35(50)22-46(15-16-48)27-9-6-25(7-10-27)36-45-32-18-26(31(19-34(43)49)44-20-24-5-13-29(38)30(39)17-24)8-14-33(32)47(36)21-23-3-11-28(12-4-23)52-37(40,41)42/h3-14,17-18,31,44,48H,2,15-16,19-22H2,1H3,(H2,43,49). The van der Waals surface area contributed by atoms with Crippen molar-refractivity contribution in [2.24, 2.45) is 5.73 Å². The molecule has 10 nitrogen and oxygen atoms in total. The zero-order valence-electron chi connectivity index (χ0n) is 28.0. The van der Waals surface area contributed by atoms with Gasteiger partial charge in [-0.2, -0.15) is 0 Å². The maximum atomic E-state index is 12.8. The van der Waals surface area contributed by atoms with Crippen LogP contribution in [0.5, 0.6) is 5.75 Å². The summed E-state index contributed by atoms with van der Waals surface area (Å²) >= 11 is 12.3. The number of halogens is 5. The molecule has 0 saturated carbocycles. The van der Waals surface area contributed by atoms with Crippen LogP contribution in [0.3, 0.4) is 0 Å². The molecule has 15 heteroatoms. The molecule has 0 fully saturated rings. The van der Waals surface area contributed by atoms with Gasteiger partial charge in [0.2, 0.25) is 5.91 Å². The minimum absolute atomic E-state index is 0.00431. The van der Waals surface area contributed by atoms with E-state index in [9.17, 15) is 27.9 Å². The molecule has 0 aliphatic heterocycles. The molecule has 0 bridgehead atoms. The molecule has 1 unspecified atom stereocenters. The number of carbonyl (C=O) groups is 2. The fourth-order valence-electron chi connectivity index (χ4n) is 5.73. The van der Waals surface area contributed by atoms with Crippen LogP contribution in [0.1, 0.15) is 36.1 Å². The first kappa shape index (κ1) is 38.4. The molecule has 0 radical (unpaired) electrons. The molecule has 0 aliphatic carbocycles. The van der Waals surface area contributed by atoms with Crippen LogP contribution in [0.25, 0.3) is 22.4 Å². The van der Waals surface area contributed by atoms with Gasteiger partial charge in [0.05, 0.1) is 34.3 Å². The summed E-state index contributed by atoms with van der Waals surface area (Å²) in [6, 6.07) is 23.3. The second-order valence-electron chi connectivity index (χ2n) is 11.8.